The number of likely N-dealkylation sites (N-methyl/N-ethyl adjacent to an activating group) is 1. The van der Waals surface area contributed by atoms with Crippen molar-refractivity contribution in [1.82, 2.24) is 4.90 Å². The van der Waals surface area contributed by atoms with Crippen LogP contribution in [0.4, 0.5) is 8.78 Å². The Bertz CT molecular complexity index is 391. The van der Waals surface area contributed by atoms with Gasteiger partial charge < -0.3 is 5.73 Å². The molecule has 0 spiro atoms. The number of alkyl halides is 2. The van der Waals surface area contributed by atoms with Gasteiger partial charge in [0.05, 0.1) is 0 Å². The molecule has 100 valence electrons. The molecule has 1 aliphatic rings. The molecule has 1 saturated carbocycles. The molecule has 0 aromatic heterocycles. The normalized spacial score (nSPS) is 17.4. The lowest BCUT2D eigenvalue weighted by atomic mass is 10.1. The van der Waals surface area contributed by atoms with Crippen LogP contribution < -0.4 is 5.73 Å². The molecule has 0 bridgehead atoms. The van der Waals surface area contributed by atoms with Gasteiger partial charge in [0.1, 0.15) is 0 Å². The Kier molecular flexibility index (Phi) is 4.30. The van der Waals surface area contributed by atoms with E-state index < -0.39 is 6.43 Å². The van der Waals surface area contributed by atoms with E-state index in [1.807, 2.05) is 13.1 Å². The smallest absolute Gasteiger partial charge is 0.263 e. The summed E-state index contributed by atoms with van der Waals surface area (Å²) in [6, 6.07) is 7.01. The summed E-state index contributed by atoms with van der Waals surface area (Å²) in [5, 5.41) is 0. The lowest BCUT2D eigenvalue weighted by Gasteiger charge is -2.27. The predicted octanol–water partition coefficient (Wildman–Crippen LogP) is 2.79. The topological polar surface area (TPSA) is 29.3 Å². The second kappa shape index (κ2) is 5.76. The third-order valence-electron chi connectivity index (χ3n) is 3.61. The first-order valence-electron chi connectivity index (χ1n) is 6.39. The largest absolute Gasteiger partial charge is 0.329 e. The highest BCUT2D eigenvalue weighted by Gasteiger charge is 2.32. The van der Waals surface area contributed by atoms with Gasteiger partial charge in [-0.3, -0.25) is 4.90 Å². The second-order valence-electron chi connectivity index (χ2n) is 5.10. The highest BCUT2D eigenvalue weighted by molar-refractivity contribution is 5.24. The summed E-state index contributed by atoms with van der Waals surface area (Å²) in [5.74, 6) is 0.693. The van der Waals surface area contributed by atoms with Gasteiger partial charge in [-0.15, -0.1) is 0 Å². The molecular formula is C14H20F2N2. The molecule has 0 saturated heterocycles. The molecule has 0 aliphatic heterocycles. The highest BCUT2D eigenvalue weighted by atomic mass is 19.3. The van der Waals surface area contributed by atoms with E-state index in [-0.39, 0.29) is 5.56 Å². The molecule has 1 aliphatic carbocycles. The molecule has 2 rings (SSSR count). The summed E-state index contributed by atoms with van der Waals surface area (Å²) in [5.41, 5.74) is 6.80. The maximum absolute atomic E-state index is 12.6. The number of nitrogens with zero attached hydrogens (tertiary/aromatic N) is 1. The zero-order valence-corrected chi connectivity index (χ0v) is 10.7. The van der Waals surface area contributed by atoms with Crippen molar-refractivity contribution in [3.05, 3.63) is 35.4 Å². The third-order valence-corrected chi connectivity index (χ3v) is 3.61. The Morgan fingerprint density at radius 2 is 2.11 bits per heavy atom. The van der Waals surface area contributed by atoms with E-state index in [1.54, 1.807) is 12.1 Å². The fourth-order valence-electron chi connectivity index (χ4n) is 2.45. The first-order valence-corrected chi connectivity index (χ1v) is 6.39. The third kappa shape index (κ3) is 3.27. The average molecular weight is 254 g/mol. The van der Waals surface area contributed by atoms with Gasteiger partial charge in [0.25, 0.3) is 6.43 Å². The lowest BCUT2D eigenvalue weighted by molar-refractivity contribution is 0.151. The minimum Gasteiger partial charge on any atom is -0.329 e. The lowest BCUT2D eigenvalue weighted by Crippen LogP contribution is -2.39. The molecular weight excluding hydrogens is 234 g/mol. The monoisotopic (exact) mass is 254 g/mol. The number of rotatable bonds is 6. The van der Waals surface area contributed by atoms with Crippen LogP contribution in [0.3, 0.4) is 0 Å². The van der Waals surface area contributed by atoms with Crippen LogP contribution in [0, 0.1) is 5.92 Å². The summed E-state index contributed by atoms with van der Waals surface area (Å²) in [6.45, 7) is 1.31. The van der Waals surface area contributed by atoms with E-state index in [0.717, 1.165) is 5.56 Å². The Labute approximate surface area is 107 Å². The van der Waals surface area contributed by atoms with Crippen LogP contribution in [-0.4, -0.2) is 24.5 Å². The highest BCUT2D eigenvalue weighted by Crippen LogP contribution is 2.35. The quantitative estimate of drug-likeness (QED) is 0.845. The first-order chi connectivity index (χ1) is 8.61. The Morgan fingerprint density at radius 1 is 1.39 bits per heavy atom. The molecule has 1 unspecified atom stereocenters. The van der Waals surface area contributed by atoms with Crippen LogP contribution in [0.25, 0.3) is 0 Å². The molecule has 0 amide bonds. The molecule has 0 radical (unpaired) electrons. The maximum atomic E-state index is 12.6. The molecule has 1 fully saturated rings. The molecule has 0 heterocycles. The van der Waals surface area contributed by atoms with Gasteiger partial charge in [-0.25, -0.2) is 8.78 Å². The molecule has 4 heteroatoms. The second-order valence-corrected chi connectivity index (χ2v) is 5.10. The van der Waals surface area contributed by atoms with Gasteiger partial charge >= 0.3 is 0 Å². The number of hydrogen-bond acceptors (Lipinski definition) is 2. The van der Waals surface area contributed by atoms with Crippen molar-refractivity contribution < 1.29 is 8.78 Å². The predicted molar refractivity (Wildman–Crippen MR) is 68.4 cm³/mol. The number of halogens is 2. The molecule has 1 aromatic carbocycles. The van der Waals surface area contributed by atoms with Gasteiger partial charge in [0.15, 0.2) is 0 Å². The zero-order chi connectivity index (χ0) is 13.1. The Morgan fingerprint density at radius 3 is 2.67 bits per heavy atom. The van der Waals surface area contributed by atoms with E-state index in [1.165, 1.54) is 18.9 Å². The molecule has 1 aromatic rings. The van der Waals surface area contributed by atoms with Crippen molar-refractivity contribution in [3.8, 4) is 0 Å². The van der Waals surface area contributed by atoms with Crippen molar-refractivity contribution in [2.24, 2.45) is 11.7 Å². The zero-order valence-electron chi connectivity index (χ0n) is 10.7. The van der Waals surface area contributed by atoms with Crippen LogP contribution in [0.5, 0.6) is 0 Å². The minimum absolute atomic E-state index is 0.0941. The van der Waals surface area contributed by atoms with E-state index >= 15 is 0 Å². The van der Waals surface area contributed by atoms with Crippen molar-refractivity contribution in [2.45, 2.75) is 31.9 Å². The number of hydrogen-bond donors (Lipinski definition) is 1. The molecule has 2 nitrogen and oxygen atoms in total. The van der Waals surface area contributed by atoms with Crippen molar-refractivity contribution >= 4 is 0 Å². The number of nitrogens with two attached hydrogens (primary N) is 1. The summed E-state index contributed by atoms with van der Waals surface area (Å²) >= 11 is 0. The fraction of sp³-hybridized carbons (Fsp3) is 0.571. The van der Waals surface area contributed by atoms with Crippen LogP contribution in [0.15, 0.2) is 24.3 Å². The van der Waals surface area contributed by atoms with Gasteiger partial charge in [0.2, 0.25) is 0 Å². The standard InChI is InChI=1S/C14H20F2N2/c1-18(13(8-17)11-5-6-11)9-10-3-2-4-12(7-10)14(15)16/h2-4,7,11,13-14H,5-6,8-9,17H2,1H3. The van der Waals surface area contributed by atoms with Crippen LogP contribution in [0.1, 0.15) is 30.4 Å². The van der Waals surface area contributed by atoms with Gasteiger partial charge in [0, 0.05) is 24.7 Å². The van der Waals surface area contributed by atoms with Gasteiger partial charge in [-0.1, -0.05) is 18.2 Å². The summed E-state index contributed by atoms with van der Waals surface area (Å²) in [6.07, 6.45) is 0.0797. The molecule has 2 N–H and O–H groups in total. The van der Waals surface area contributed by atoms with E-state index in [2.05, 4.69) is 4.90 Å². The van der Waals surface area contributed by atoms with Crippen molar-refractivity contribution in [3.63, 3.8) is 0 Å². The Balaban J connectivity index is 2.01. The summed E-state index contributed by atoms with van der Waals surface area (Å²) < 4.78 is 25.2. The summed E-state index contributed by atoms with van der Waals surface area (Å²) in [4.78, 5) is 2.18. The Hall–Kier alpha value is -1.00. The van der Waals surface area contributed by atoms with Crippen LogP contribution in [0.2, 0.25) is 0 Å². The van der Waals surface area contributed by atoms with E-state index in [4.69, 9.17) is 5.73 Å². The molecule has 1 atom stereocenters. The van der Waals surface area contributed by atoms with E-state index in [0.29, 0.717) is 25.0 Å². The van der Waals surface area contributed by atoms with Crippen molar-refractivity contribution in [2.75, 3.05) is 13.6 Å². The van der Waals surface area contributed by atoms with Crippen molar-refractivity contribution in [1.29, 1.82) is 0 Å². The average Bonchev–Trinajstić information content (AvgIpc) is 3.14. The van der Waals surface area contributed by atoms with Gasteiger partial charge in [-0.05, 0) is 37.4 Å². The summed E-state index contributed by atoms with van der Waals surface area (Å²) in [7, 11) is 2.02. The molecule has 18 heavy (non-hydrogen) atoms. The van der Waals surface area contributed by atoms with Gasteiger partial charge in [-0.2, -0.15) is 0 Å². The first kappa shape index (κ1) is 13.4. The SMILES string of the molecule is CN(Cc1cccc(C(F)F)c1)C(CN)C1CC1. The fourth-order valence-corrected chi connectivity index (χ4v) is 2.45. The minimum atomic E-state index is -2.40. The van der Waals surface area contributed by atoms with E-state index in [9.17, 15) is 8.78 Å². The van der Waals surface area contributed by atoms with Crippen LogP contribution in [-0.2, 0) is 6.54 Å². The number of benzene rings is 1. The maximum Gasteiger partial charge on any atom is 0.263 e. The van der Waals surface area contributed by atoms with Crippen LogP contribution >= 0.6 is 0 Å².